The van der Waals surface area contributed by atoms with Crippen molar-refractivity contribution in [1.82, 2.24) is 10.2 Å². The molecule has 1 heterocycles. The van der Waals surface area contributed by atoms with Crippen LogP contribution < -0.4 is 10.1 Å². The maximum Gasteiger partial charge on any atom is 0.263 e. The summed E-state index contributed by atoms with van der Waals surface area (Å²) in [4.78, 5) is 14.7. The number of hydrogen-bond acceptors (Lipinski definition) is 3. The molecule has 1 aliphatic heterocycles. The Morgan fingerprint density at radius 1 is 1.19 bits per heavy atom. The van der Waals surface area contributed by atoms with E-state index in [1.165, 1.54) is 24.0 Å². The predicted octanol–water partition coefficient (Wildman–Crippen LogP) is 3.88. The van der Waals surface area contributed by atoms with Crippen LogP contribution in [0.2, 0.25) is 0 Å². The van der Waals surface area contributed by atoms with Crippen molar-refractivity contribution < 1.29 is 9.53 Å². The quantitative estimate of drug-likeness (QED) is 0.804. The Balaban J connectivity index is 1.47. The lowest BCUT2D eigenvalue weighted by Gasteiger charge is -2.34. The van der Waals surface area contributed by atoms with Gasteiger partial charge in [-0.1, -0.05) is 19.9 Å². The first-order valence-corrected chi connectivity index (χ1v) is 10.2. The van der Waals surface area contributed by atoms with Crippen molar-refractivity contribution in [3.05, 3.63) is 29.3 Å². The Hall–Kier alpha value is -1.55. The molecule has 26 heavy (non-hydrogen) atoms. The molecule has 4 heteroatoms. The van der Waals surface area contributed by atoms with Crippen LogP contribution in [0, 0.1) is 12.8 Å². The molecule has 0 radical (unpaired) electrons. The van der Waals surface area contributed by atoms with E-state index in [9.17, 15) is 4.79 Å². The fourth-order valence-corrected chi connectivity index (χ4v) is 3.84. The first-order chi connectivity index (χ1) is 12.4. The van der Waals surface area contributed by atoms with Crippen LogP contribution in [0.1, 0.15) is 63.5 Å². The second kappa shape index (κ2) is 8.43. The van der Waals surface area contributed by atoms with E-state index in [4.69, 9.17) is 4.74 Å². The molecular formula is C22H34N2O2. The van der Waals surface area contributed by atoms with Gasteiger partial charge < -0.3 is 15.0 Å². The van der Waals surface area contributed by atoms with Crippen molar-refractivity contribution in [1.29, 1.82) is 0 Å². The van der Waals surface area contributed by atoms with Crippen molar-refractivity contribution in [3.8, 4) is 5.75 Å². The zero-order chi connectivity index (χ0) is 18.7. The molecule has 1 N–H and O–H groups in total. The minimum Gasteiger partial charge on any atom is -0.481 e. The summed E-state index contributed by atoms with van der Waals surface area (Å²) in [5.41, 5.74) is 2.55. The third-order valence-electron chi connectivity index (χ3n) is 5.72. The minimum absolute atomic E-state index is 0.108. The average Bonchev–Trinajstić information content (AvgIpc) is 3.44. The number of carbonyl (C=O) groups is 1. The fourth-order valence-electron chi connectivity index (χ4n) is 3.84. The molecule has 2 aliphatic rings. The molecule has 3 rings (SSSR count). The summed E-state index contributed by atoms with van der Waals surface area (Å²) in [6.45, 7) is 11.2. The molecular weight excluding hydrogens is 324 g/mol. The highest BCUT2D eigenvalue weighted by Crippen LogP contribution is 2.28. The minimum atomic E-state index is -0.435. The van der Waals surface area contributed by atoms with Gasteiger partial charge in [0.1, 0.15) is 5.75 Å². The molecule has 0 aromatic heterocycles. The highest BCUT2D eigenvalue weighted by atomic mass is 16.5. The number of carbonyl (C=O) groups excluding carboxylic acids is 1. The maximum atomic E-state index is 12.7. The SMILES string of the molecule is Cc1cc(OC(C)C(=O)N2CCC(NCC3CC3)CC2)ccc1C(C)C. The van der Waals surface area contributed by atoms with E-state index in [-0.39, 0.29) is 5.91 Å². The van der Waals surface area contributed by atoms with Crippen molar-refractivity contribution >= 4 is 5.91 Å². The lowest BCUT2D eigenvalue weighted by Crippen LogP contribution is -2.48. The average molecular weight is 359 g/mol. The van der Waals surface area contributed by atoms with Gasteiger partial charge in [0.15, 0.2) is 6.10 Å². The van der Waals surface area contributed by atoms with Crippen molar-refractivity contribution in [2.24, 2.45) is 5.92 Å². The summed E-state index contributed by atoms with van der Waals surface area (Å²) < 4.78 is 5.95. The second-order valence-electron chi connectivity index (χ2n) is 8.38. The molecule has 4 nitrogen and oxygen atoms in total. The largest absolute Gasteiger partial charge is 0.481 e. The normalized spacial score (nSPS) is 19.7. The molecule has 1 aliphatic carbocycles. The van der Waals surface area contributed by atoms with Crippen LogP contribution in [-0.4, -0.2) is 42.6 Å². The molecule has 1 amide bonds. The van der Waals surface area contributed by atoms with E-state index in [1.54, 1.807) is 0 Å². The Labute approximate surface area is 158 Å². The van der Waals surface area contributed by atoms with E-state index in [0.29, 0.717) is 12.0 Å². The third-order valence-corrected chi connectivity index (χ3v) is 5.72. The number of amides is 1. The summed E-state index contributed by atoms with van der Waals surface area (Å²) in [5.74, 6) is 2.30. The van der Waals surface area contributed by atoms with Crippen molar-refractivity contribution in [2.75, 3.05) is 19.6 Å². The van der Waals surface area contributed by atoms with Crippen molar-refractivity contribution in [2.45, 2.75) is 71.4 Å². The number of aryl methyl sites for hydroxylation is 1. The van der Waals surface area contributed by atoms with Crippen LogP contribution >= 0.6 is 0 Å². The number of hydrogen-bond donors (Lipinski definition) is 1. The van der Waals surface area contributed by atoms with Gasteiger partial charge in [0.2, 0.25) is 0 Å². The van der Waals surface area contributed by atoms with Crippen LogP contribution in [0.4, 0.5) is 0 Å². The second-order valence-corrected chi connectivity index (χ2v) is 8.38. The molecule has 144 valence electrons. The lowest BCUT2D eigenvalue weighted by molar-refractivity contribution is -0.139. The lowest BCUT2D eigenvalue weighted by atomic mass is 9.98. The van der Waals surface area contributed by atoms with Gasteiger partial charge in [0.25, 0.3) is 5.91 Å². The summed E-state index contributed by atoms with van der Waals surface area (Å²) in [6.07, 6.45) is 4.43. The number of rotatable bonds is 7. The zero-order valence-electron chi connectivity index (χ0n) is 16.8. The van der Waals surface area contributed by atoms with Crippen LogP contribution in [0.25, 0.3) is 0 Å². The summed E-state index contributed by atoms with van der Waals surface area (Å²) in [6, 6.07) is 6.72. The Kier molecular flexibility index (Phi) is 6.23. The number of benzene rings is 1. The summed E-state index contributed by atoms with van der Waals surface area (Å²) in [7, 11) is 0. The molecule has 1 saturated heterocycles. The molecule has 1 unspecified atom stereocenters. The summed E-state index contributed by atoms with van der Waals surface area (Å²) >= 11 is 0. The van der Waals surface area contributed by atoms with Gasteiger partial charge in [-0.25, -0.2) is 0 Å². The number of nitrogens with one attached hydrogen (secondary N) is 1. The van der Waals surface area contributed by atoms with E-state index >= 15 is 0 Å². The molecule has 0 spiro atoms. The number of piperidine rings is 1. The number of nitrogens with zero attached hydrogens (tertiary/aromatic N) is 1. The highest BCUT2D eigenvalue weighted by Gasteiger charge is 2.28. The smallest absolute Gasteiger partial charge is 0.263 e. The monoisotopic (exact) mass is 358 g/mol. The van der Waals surface area contributed by atoms with Gasteiger partial charge in [0, 0.05) is 19.1 Å². The molecule has 1 aromatic rings. The van der Waals surface area contributed by atoms with Crippen LogP contribution in [-0.2, 0) is 4.79 Å². The van der Waals surface area contributed by atoms with Gasteiger partial charge in [-0.05, 0) is 81.2 Å². The van der Waals surface area contributed by atoms with Crippen molar-refractivity contribution in [3.63, 3.8) is 0 Å². The van der Waals surface area contributed by atoms with Crippen LogP contribution in [0.15, 0.2) is 18.2 Å². The standard InChI is InChI=1S/C22H34N2O2/c1-15(2)21-8-7-20(13-16(21)3)26-17(4)22(25)24-11-9-19(10-12-24)23-14-18-5-6-18/h7-8,13,15,17-19,23H,5-6,9-12,14H2,1-4H3. The molecule has 2 fully saturated rings. The molecule has 1 atom stereocenters. The van der Waals surface area contributed by atoms with E-state index in [0.717, 1.165) is 44.1 Å². The van der Waals surface area contributed by atoms with E-state index < -0.39 is 6.10 Å². The maximum absolute atomic E-state index is 12.7. The third kappa shape index (κ3) is 5.00. The Bertz CT molecular complexity index is 617. The predicted molar refractivity (Wildman–Crippen MR) is 106 cm³/mol. The van der Waals surface area contributed by atoms with Gasteiger partial charge >= 0.3 is 0 Å². The number of likely N-dealkylation sites (tertiary alicyclic amines) is 1. The van der Waals surface area contributed by atoms with E-state index in [1.807, 2.05) is 24.0 Å². The van der Waals surface area contributed by atoms with Crippen LogP contribution in [0.5, 0.6) is 5.75 Å². The van der Waals surface area contributed by atoms with Gasteiger partial charge in [0.05, 0.1) is 0 Å². The Morgan fingerprint density at radius 3 is 2.46 bits per heavy atom. The molecule has 0 bridgehead atoms. The first-order valence-electron chi connectivity index (χ1n) is 10.2. The summed E-state index contributed by atoms with van der Waals surface area (Å²) in [5, 5.41) is 3.66. The van der Waals surface area contributed by atoms with Gasteiger partial charge in [-0.3, -0.25) is 4.79 Å². The molecule has 1 saturated carbocycles. The fraction of sp³-hybridized carbons (Fsp3) is 0.682. The number of ether oxygens (including phenoxy) is 1. The van der Waals surface area contributed by atoms with Crippen LogP contribution in [0.3, 0.4) is 0 Å². The van der Waals surface area contributed by atoms with E-state index in [2.05, 4.69) is 32.2 Å². The Morgan fingerprint density at radius 2 is 1.88 bits per heavy atom. The topological polar surface area (TPSA) is 41.6 Å². The first kappa shape index (κ1) is 19.2. The zero-order valence-corrected chi connectivity index (χ0v) is 16.8. The highest BCUT2D eigenvalue weighted by molar-refractivity contribution is 5.81. The van der Waals surface area contributed by atoms with Gasteiger partial charge in [-0.15, -0.1) is 0 Å². The molecule has 1 aromatic carbocycles. The van der Waals surface area contributed by atoms with Gasteiger partial charge in [-0.2, -0.15) is 0 Å².